The Hall–Kier alpha value is -5.33. The van der Waals surface area contributed by atoms with Gasteiger partial charge in [0.25, 0.3) is 14.1 Å². The second-order valence-electron chi connectivity index (χ2n) is 15.9. The Balaban J connectivity index is 1.30. The van der Waals surface area contributed by atoms with E-state index in [0.29, 0.717) is 17.1 Å². The third kappa shape index (κ3) is 9.37. The summed E-state index contributed by atoms with van der Waals surface area (Å²) in [5, 5.41) is 2.06. The molecule has 12 nitrogen and oxygen atoms in total. The van der Waals surface area contributed by atoms with Gasteiger partial charge in [0, 0.05) is 41.2 Å². The van der Waals surface area contributed by atoms with E-state index in [1.54, 1.807) is 28.3 Å². The molecule has 326 valence electrons. The first-order chi connectivity index (χ1) is 30.0. The van der Waals surface area contributed by atoms with Gasteiger partial charge in [-0.2, -0.15) is 0 Å². The van der Waals surface area contributed by atoms with Gasteiger partial charge in [-0.05, 0) is 81.0 Å². The summed E-state index contributed by atoms with van der Waals surface area (Å²) in [7, 11) is 3.21. The van der Waals surface area contributed by atoms with Crippen LogP contribution in [-0.4, -0.2) is 66.4 Å². The highest BCUT2D eigenvalue weighted by Crippen LogP contribution is 2.51. The Labute approximate surface area is 364 Å². The Bertz CT molecular complexity index is 2470. The molecule has 0 amide bonds. The van der Waals surface area contributed by atoms with Gasteiger partial charge in [0.05, 0.1) is 40.6 Å². The highest BCUT2D eigenvalue weighted by molar-refractivity contribution is 7.44. The normalized spacial score (nSPS) is 17.2. The quantitative estimate of drug-likeness (QED) is 0.0661. The summed E-state index contributed by atoms with van der Waals surface area (Å²) in [4.78, 5) is 28.3. The molecular weight excluding hydrogens is 806 g/mol. The van der Waals surface area contributed by atoms with Crippen molar-refractivity contribution in [2.45, 2.75) is 83.8 Å². The van der Waals surface area contributed by atoms with Gasteiger partial charge in [-0.15, -0.1) is 0 Å². The van der Waals surface area contributed by atoms with Crippen molar-refractivity contribution in [2.24, 2.45) is 0 Å². The number of methoxy groups -OCH3 is 3. The predicted octanol–water partition coefficient (Wildman–Crippen LogP) is 9.27. The number of fused-ring (bicyclic) bond motifs is 1. The van der Waals surface area contributed by atoms with Crippen LogP contribution in [0.2, 0.25) is 0 Å². The average Bonchev–Trinajstić information content (AvgIpc) is 3.68. The molecule has 0 saturated carbocycles. The maximum Gasteiger partial charge on any atom is 0.330 e. The first-order valence-electron chi connectivity index (χ1n) is 20.9. The van der Waals surface area contributed by atoms with Crippen molar-refractivity contribution < 1.29 is 32.7 Å². The molecule has 1 aliphatic heterocycles. The number of aryl methyl sites for hydroxylation is 1. The fourth-order valence-corrected chi connectivity index (χ4v) is 9.98. The molecule has 1 aliphatic rings. The van der Waals surface area contributed by atoms with E-state index in [9.17, 15) is 9.59 Å². The zero-order valence-electron chi connectivity index (χ0n) is 36.6. The molecule has 1 aromatic heterocycles. The minimum atomic E-state index is -1.74. The number of ether oxygens (including phenoxy) is 5. The lowest BCUT2D eigenvalue weighted by Gasteiger charge is -2.39. The average molecular weight is 862 g/mol. The van der Waals surface area contributed by atoms with Crippen LogP contribution in [-0.2, 0) is 30.7 Å². The van der Waals surface area contributed by atoms with Gasteiger partial charge in [-0.3, -0.25) is 14.3 Å². The van der Waals surface area contributed by atoms with Crippen LogP contribution >= 0.6 is 8.53 Å². The molecule has 62 heavy (non-hydrogen) atoms. The SMILES string of the molecule is COc1ccc(C(OC[C@H]2O[C@@H](n3cc(C)c(=O)[nH]c3=O)CC2OP(OCc2ccc3ccccc3c2OC)N(C(C)C)C(C)C)(c2ccccc2)c2ccc(OC)cc2)cc1. The maximum absolute atomic E-state index is 13.4. The summed E-state index contributed by atoms with van der Waals surface area (Å²) in [6, 6.07) is 38.0. The number of nitrogens with one attached hydrogen (secondary N) is 1. The van der Waals surface area contributed by atoms with E-state index in [0.717, 1.165) is 38.8 Å². The molecule has 0 spiro atoms. The van der Waals surface area contributed by atoms with Crippen molar-refractivity contribution in [3.63, 3.8) is 0 Å². The molecule has 7 rings (SSSR count). The molecule has 2 unspecified atom stereocenters. The van der Waals surface area contributed by atoms with Crippen molar-refractivity contribution in [1.29, 1.82) is 0 Å². The molecule has 0 radical (unpaired) electrons. The molecule has 0 bridgehead atoms. The summed E-state index contributed by atoms with van der Waals surface area (Å²) in [5.74, 6) is 2.16. The minimum Gasteiger partial charge on any atom is -0.497 e. The number of H-pyrrole nitrogens is 1. The molecule has 1 saturated heterocycles. The second-order valence-corrected chi connectivity index (χ2v) is 17.3. The van der Waals surface area contributed by atoms with Crippen LogP contribution in [0, 0.1) is 6.92 Å². The van der Waals surface area contributed by atoms with Crippen molar-refractivity contribution >= 4 is 19.3 Å². The Morgan fingerprint density at radius 1 is 0.774 bits per heavy atom. The molecule has 5 aromatic carbocycles. The first kappa shape index (κ1) is 44.7. The number of benzene rings is 5. The molecule has 1 fully saturated rings. The van der Waals surface area contributed by atoms with Gasteiger partial charge in [0.1, 0.15) is 35.2 Å². The van der Waals surface area contributed by atoms with E-state index in [2.05, 4.69) is 49.5 Å². The number of aromatic amines is 1. The Kier molecular flexibility index (Phi) is 14.3. The fraction of sp³-hybridized carbons (Fsp3) is 0.347. The Morgan fingerprint density at radius 3 is 1.97 bits per heavy atom. The highest BCUT2D eigenvalue weighted by Gasteiger charge is 2.45. The third-order valence-electron chi connectivity index (χ3n) is 11.2. The summed E-state index contributed by atoms with van der Waals surface area (Å²) < 4.78 is 49.0. The van der Waals surface area contributed by atoms with Gasteiger partial charge in [0.2, 0.25) is 0 Å². The molecule has 6 aromatic rings. The molecule has 2 heterocycles. The molecule has 13 heteroatoms. The fourth-order valence-electron chi connectivity index (χ4n) is 8.22. The van der Waals surface area contributed by atoms with Crippen LogP contribution < -0.4 is 25.5 Å². The summed E-state index contributed by atoms with van der Waals surface area (Å²) in [6.45, 7) is 10.4. The minimum absolute atomic E-state index is 0.0379. The number of rotatable bonds is 18. The lowest BCUT2D eigenvalue weighted by molar-refractivity contribution is -0.0926. The topological polar surface area (TPSA) is 123 Å². The summed E-state index contributed by atoms with van der Waals surface area (Å²) >= 11 is 0. The van der Waals surface area contributed by atoms with Crippen LogP contribution in [0.3, 0.4) is 0 Å². The first-order valence-corrected chi connectivity index (χ1v) is 22.0. The zero-order valence-corrected chi connectivity index (χ0v) is 37.5. The molecule has 0 aliphatic carbocycles. The molecule has 4 atom stereocenters. The predicted molar refractivity (Wildman–Crippen MR) is 242 cm³/mol. The second kappa shape index (κ2) is 19.8. The van der Waals surface area contributed by atoms with Gasteiger partial charge in [-0.25, -0.2) is 9.46 Å². The monoisotopic (exact) mass is 861 g/mol. The molecular formula is C49H56N3O9P. The molecule has 1 N–H and O–H groups in total. The lowest BCUT2D eigenvalue weighted by atomic mass is 9.80. The van der Waals surface area contributed by atoms with Gasteiger partial charge >= 0.3 is 5.69 Å². The van der Waals surface area contributed by atoms with Crippen molar-refractivity contribution in [3.8, 4) is 17.2 Å². The standard InChI is InChI=1S/C49H56N3O9P/c1-32(2)52(33(3)4)62(59-30-36-19-18-35-14-12-13-17-42(35)46(36)57-8)61-43-28-45(51-29-34(5)47(53)50-48(51)54)60-44(43)31-58-49(37-15-10-9-11-16-37,38-20-24-40(55-6)25-21-38)39-22-26-41(56-7)27-23-39/h9-27,29,32-33,43-45H,28,30-31H2,1-8H3,(H,50,53,54)/t43?,44-,45-,62?/m1/s1. The van der Waals surface area contributed by atoms with E-state index in [1.165, 1.54) is 10.8 Å². The van der Waals surface area contributed by atoms with Crippen molar-refractivity contribution in [1.82, 2.24) is 14.2 Å². The van der Waals surface area contributed by atoms with E-state index in [-0.39, 0.29) is 31.7 Å². The number of hydrogen-bond donors (Lipinski definition) is 1. The van der Waals surface area contributed by atoms with E-state index in [4.69, 9.17) is 32.7 Å². The maximum atomic E-state index is 13.4. The van der Waals surface area contributed by atoms with Crippen LogP contribution in [0.25, 0.3) is 10.8 Å². The smallest absolute Gasteiger partial charge is 0.330 e. The van der Waals surface area contributed by atoms with Crippen LogP contribution in [0.4, 0.5) is 0 Å². The van der Waals surface area contributed by atoms with Crippen LogP contribution in [0.1, 0.15) is 68.2 Å². The zero-order chi connectivity index (χ0) is 44.0. The summed E-state index contributed by atoms with van der Waals surface area (Å²) in [6.07, 6.45) is -0.301. The van der Waals surface area contributed by atoms with E-state index < -0.39 is 43.8 Å². The van der Waals surface area contributed by atoms with Crippen LogP contribution in [0.5, 0.6) is 17.2 Å². The van der Waals surface area contributed by atoms with E-state index in [1.807, 2.05) is 103 Å². The van der Waals surface area contributed by atoms with Gasteiger partial charge in [0.15, 0.2) is 0 Å². The Morgan fingerprint density at radius 2 is 1.37 bits per heavy atom. The largest absolute Gasteiger partial charge is 0.497 e. The lowest BCUT2D eigenvalue weighted by Crippen LogP contribution is -2.39. The third-order valence-corrected chi connectivity index (χ3v) is 13.3. The highest BCUT2D eigenvalue weighted by atomic mass is 31.2. The van der Waals surface area contributed by atoms with Crippen molar-refractivity contribution in [2.75, 3.05) is 27.9 Å². The van der Waals surface area contributed by atoms with E-state index >= 15 is 0 Å². The summed E-state index contributed by atoms with van der Waals surface area (Å²) in [5.41, 5.74) is 1.70. The number of nitrogens with zero attached hydrogens (tertiary/aromatic N) is 2. The number of aromatic nitrogens is 2. The van der Waals surface area contributed by atoms with Gasteiger partial charge < -0.3 is 32.7 Å². The van der Waals surface area contributed by atoms with Gasteiger partial charge in [-0.1, -0.05) is 91.0 Å². The van der Waals surface area contributed by atoms with Crippen molar-refractivity contribution in [3.05, 3.63) is 170 Å². The van der Waals surface area contributed by atoms with Crippen LogP contribution in [0.15, 0.2) is 131 Å². The number of hydrogen-bond acceptors (Lipinski definition) is 10.